The maximum absolute atomic E-state index is 6.42. The Hall–Kier alpha value is -4.47. The van der Waals surface area contributed by atoms with Gasteiger partial charge < -0.3 is 9.30 Å². The van der Waals surface area contributed by atoms with Crippen molar-refractivity contribution >= 4 is 21.8 Å². The first-order valence-electron chi connectivity index (χ1n) is 16.8. The van der Waals surface area contributed by atoms with Gasteiger partial charge in [-0.15, -0.1) is 35.7 Å². The molecule has 0 amide bonds. The van der Waals surface area contributed by atoms with Gasteiger partial charge in [0.25, 0.3) is 0 Å². The molecule has 0 saturated carbocycles. The molecule has 0 saturated heterocycles. The molecular formula is C43H42N4OPt. The molecule has 0 fully saturated rings. The summed E-state index contributed by atoms with van der Waals surface area (Å²) in [6, 6.07) is 34.1. The maximum atomic E-state index is 6.42. The van der Waals surface area contributed by atoms with Crippen LogP contribution in [0.25, 0.3) is 44.4 Å². The van der Waals surface area contributed by atoms with Gasteiger partial charge in [-0.2, -0.15) is 17.2 Å². The van der Waals surface area contributed by atoms with Crippen LogP contribution in [0.1, 0.15) is 82.6 Å². The van der Waals surface area contributed by atoms with Crippen molar-refractivity contribution in [3.05, 3.63) is 132 Å². The molecule has 0 unspecified atom stereocenters. The average molecular weight is 826 g/mol. The van der Waals surface area contributed by atoms with E-state index in [2.05, 4.69) is 127 Å². The number of fused-ring (bicyclic) bond motifs is 3. The second-order valence-corrected chi connectivity index (χ2v) is 14.4. The van der Waals surface area contributed by atoms with Gasteiger partial charge in [0.1, 0.15) is 5.82 Å². The smallest absolute Gasteiger partial charge is 0.509 e. The van der Waals surface area contributed by atoms with E-state index in [9.17, 15) is 0 Å². The van der Waals surface area contributed by atoms with Crippen LogP contribution in [0.3, 0.4) is 0 Å². The first kappa shape index (κ1) is 34.4. The minimum absolute atomic E-state index is 0. The van der Waals surface area contributed by atoms with Crippen molar-refractivity contribution in [1.29, 1.82) is 0 Å². The van der Waals surface area contributed by atoms with Gasteiger partial charge in [-0.05, 0) is 81.3 Å². The maximum Gasteiger partial charge on any atom is 2.00 e. The summed E-state index contributed by atoms with van der Waals surface area (Å²) < 4.78 is 10.5. The zero-order valence-electron chi connectivity index (χ0n) is 29.4. The summed E-state index contributed by atoms with van der Waals surface area (Å²) in [5, 5.41) is 7.08. The molecule has 7 rings (SSSR count). The molecule has 7 aromatic rings. The summed E-state index contributed by atoms with van der Waals surface area (Å²) in [6.45, 7) is 18.1. The van der Waals surface area contributed by atoms with E-state index in [-0.39, 0.29) is 26.5 Å². The van der Waals surface area contributed by atoms with Crippen LogP contribution in [0.2, 0.25) is 0 Å². The zero-order chi connectivity index (χ0) is 33.7. The number of para-hydroxylation sites is 1. The summed E-state index contributed by atoms with van der Waals surface area (Å²) in [5.74, 6) is 2.85. The Morgan fingerprint density at radius 1 is 0.776 bits per heavy atom. The molecule has 0 N–H and O–H groups in total. The molecule has 0 atom stereocenters. The van der Waals surface area contributed by atoms with Gasteiger partial charge in [-0.25, -0.2) is 4.98 Å². The third-order valence-electron chi connectivity index (χ3n) is 9.04. The Morgan fingerprint density at radius 3 is 2.24 bits per heavy atom. The van der Waals surface area contributed by atoms with Crippen LogP contribution < -0.4 is 4.74 Å². The number of nitrogens with zero attached hydrogens (tertiary/aromatic N) is 4. The molecule has 0 radical (unpaired) electrons. The Morgan fingerprint density at radius 2 is 1.51 bits per heavy atom. The van der Waals surface area contributed by atoms with Gasteiger partial charge in [0.05, 0.1) is 6.20 Å². The van der Waals surface area contributed by atoms with Gasteiger partial charge >= 0.3 is 21.1 Å². The van der Waals surface area contributed by atoms with Crippen molar-refractivity contribution in [2.24, 2.45) is 0 Å². The first-order valence-corrected chi connectivity index (χ1v) is 16.8. The molecule has 0 bridgehead atoms. The van der Waals surface area contributed by atoms with Crippen LogP contribution in [-0.4, -0.2) is 19.3 Å². The van der Waals surface area contributed by atoms with Gasteiger partial charge in [0, 0.05) is 35.0 Å². The molecule has 0 aliphatic rings. The number of hydrogen-bond acceptors (Lipinski definition) is 3. The molecule has 0 spiro atoms. The Kier molecular flexibility index (Phi) is 9.44. The van der Waals surface area contributed by atoms with Crippen LogP contribution in [0.15, 0.2) is 97.5 Å². The van der Waals surface area contributed by atoms with Crippen molar-refractivity contribution in [2.75, 3.05) is 0 Å². The van der Waals surface area contributed by atoms with E-state index < -0.39 is 0 Å². The normalized spacial score (nSPS) is 11.9. The zero-order valence-corrected chi connectivity index (χ0v) is 31.7. The second kappa shape index (κ2) is 13.4. The number of benzene rings is 4. The van der Waals surface area contributed by atoms with Crippen molar-refractivity contribution in [1.82, 2.24) is 19.3 Å². The Balaban J connectivity index is 0.00000417. The number of hydrogen-bond donors (Lipinski definition) is 0. The van der Waals surface area contributed by atoms with Crippen LogP contribution >= 0.6 is 0 Å². The van der Waals surface area contributed by atoms with Crippen molar-refractivity contribution < 1.29 is 25.8 Å². The molecule has 5 nitrogen and oxygen atoms in total. The Bertz CT molecular complexity index is 2290. The molecule has 49 heavy (non-hydrogen) atoms. The molecule has 0 aliphatic carbocycles. The average Bonchev–Trinajstić information content (AvgIpc) is 3.67. The number of aryl methyl sites for hydroxylation is 1. The van der Waals surface area contributed by atoms with Crippen LogP contribution in [0.5, 0.6) is 11.5 Å². The monoisotopic (exact) mass is 825 g/mol. The van der Waals surface area contributed by atoms with Crippen molar-refractivity contribution in [3.8, 4) is 34.1 Å². The van der Waals surface area contributed by atoms with Crippen LogP contribution in [-0.2, 0) is 26.5 Å². The summed E-state index contributed by atoms with van der Waals surface area (Å²) in [7, 11) is 0. The van der Waals surface area contributed by atoms with Crippen molar-refractivity contribution in [2.45, 2.75) is 72.6 Å². The largest absolute Gasteiger partial charge is 2.00 e. The fourth-order valence-corrected chi connectivity index (χ4v) is 6.86. The summed E-state index contributed by atoms with van der Waals surface area (Å²) in [6.07, 6.45) is 5.96. The number of aromatic nitrogens is 4. The summed E-state index contributed by atoms with van der Waals surface area (Å²) in [4.78, 5) is 4.70. The van der Waals surface area contributed by atoms with Crippen molar-refractivity contribution in [3.63, 3.8) is 0 Å². The predicted molar refractivity (Wildman–Crippen MR) is 197 cm³/mol. The molecule has 3 heterocycles. The van der Waals surface area contributed by atoms with Gasteiger partial charge in [0.2, 0.25) is 0 Å². The molecular weight excluding hydrogens is 784 g/mol. The quantitative estimate of drug-likeness (QED) is 0.150. The molecule has 6 heteroatoms. The number of ether oxygens (including phenoxy) is 1. The first-order chi connectivity index (χ1) is 23.0. The molecule has 250 valence electrons. The van der Waals surface area contributed by atoms with Gasteiger partial charge in [0.15, 0.2) is 0 Å². The van der Waals surface area contributed by atoms with E-state index in [4.69, 9.17) is 14.8 Å². The van der Waals surface area contributed by atoms with Gasteiger partial charge in [-0.3, -0.25) is 4.68 Å². The van der Waals surface area contributed by atoms with E-state index >= 15 is 0 Å². The fraction of sp³-hybridized carbons (Fsp3) is 0.256. The standard InChI is InChI=1S/C43H42N4O.Pt/c1-27(2)34-18-19-35(28(3)4)42(43(6,7)8)41(34)30-25-45-46(26-30)31-12-11-13-32(23-31)48-33-16-17-37-36-14-9-10-15-38(36)47(39(37)24-33)40-22-29(5)20-21-44-40;/h9-22,25-28H,1-8H3;/q-2;+2. The number of pyridine rings is 1. The minimum atomic E-state index is -0.0273. The molecule has 3 aromatic heterocycles. The van der Waals surface area contributed by atoms with E-state index in [1.165, 1.54) is 22.3 Å². The third kappa shape index (κ3) is 6.49. The van der Waals surface area contributed by atoms with Gasteiger partial charge in [-0.1, -0.05) is 84.3 Å². The van der Waals surface area contributed by atoms with E-state index in [0.29, 0.717) is 23.3 Å². The fourth-order valence-electron chi connectivity index (χ4n) is 6.86. The van der Waals surface area contributed by atoms with Crippen LogP contribution in [0.4, 0.5) is 0 Å². The molecule has 4 aromatic carbocycles. The van der Waals surface area contributed by atoms with Crippen LogP contribution in [0, 0.1) is 19.1 Å². The topological polar surface area (TPSA) is 44.9 Å². The van der Waals surface area contributed by atoms with E-state index in [0.717, 1.165) is 44.4 Å². The third-order valence-corrected chi connectivity index (χ3v) is 9.04. The minimum Gasteiger partial charge on any atom is -0.509 e. The Labute approximate surface area is 304 Å². The SMILES string of the molecule is Cc1ccnc(-n2c3[c-]c(Oc4[c-]c(-n5cc(-c6c(C(C)C)ccc(C(C)C)c6C(C)(C)C)cn5)ccc4)ccc3c3ccccc32)c1.[Pt+2]. The molecule has 0 aliphatic heterocycles. The second-order valence-electron chi connectivity index (χ2n) is 14.4. The van der Waals surface area contributed by atoms with E-state index in [1.807, 2.05) is 47.4 Å². The summed E-state index contributed by atoms with van der Waals surface area (Å²) in [5.41, 5.74) is 10.5. The predicted octanol–water partition coefficient (Wildman–Crippen LogP) is 11.3. The number of rotatable bonds is 7. The van der Waals surface area contributed by atoms with E-state index in [1.54, 1.807) is 0 Å². The summed E-state index contributed by atoms with van der Waals surface area (Å²) >= 11 is 0.